The molecule has 90 valence electrons. The Balaban J connectivity index is 3.05. The average molecular weight is 296 g/mol. The molecule has 0 saturated carbocycles. The molecule has 1 aromatic carbocycles. The monoisotopic (exact) mass is 294 g/mol. The quantitative estimate of drug-likeness (QED) is 0.783. The largest absolute Gasteiger partial charge is 0.484 e. The second-order valence-electron chi connectivity index (χ2n) is 2.90. The van der Waals surface area contributed by atoms with Crippen LogP contribution in [0.5, 0.6) is 5.75 Å². The molecule has 0 radical (unpaired) electrons. The van der Waals surface area contributed by atoms with Crippen LogP contribution in [0.2, 0.25) is 0 Å². The zero-order valence-corrected chi connectivity index (χ0v) is 10.5. The Morgan fingerprint density at radius 2 is 1.59 bits per heavy atom. The molecular formula is C10H5Cl3O4. The van der Waals surface area contributed by atoms with Crippen LogP contribution < -0.4 is 4.74 Å². The summed E-state index contributed by atoms with van der Waals surface area (Å²) in [5.74, 6) is 0.185. The summed E-state index contributed by atoms with van der Waals surface area (Å²) in [7, 11) is 0. The lowest BCUT2D eigenvalue weighted by Gasteiger charge is -2.06. The third-order valence-electron chi connectivity index (χ3n) is 1.77. The van der Waals surface area contributed by atoms with E-state index < -0.39 is 15.7 Å². The van der Waals surface area contributed by atoms with Gasteiger partial charge in [0.2, 0.25) is 0 Å². The summed E-state index contributed by atoms with van der Waals surface area (Å²) in [5, 5.41) is -2.35. The molecule has 0 N–H and O–H groups in total. The van der Waals surface area contributed by atoms with Crippen LogP contribution >= 0.6 is 34.8 Å². The van der Waals surface area contributed by atoms with Gasteiger partial charge in [-0.25, -0.2) is 0 Å². The number of halogens is 3. The molecule has 1 aromatic rings. The summed E-state index contributed by atoms with van der Waals surface area (Å²) in [5.41, 5.74) is -0.123. The van der Waals surface area contributed by atoms with Crippen molar-refractivity contribution < 1.29 is 19.1 Å². The third-order valence-corrected chi connectivity index (χ3v) is 2.28. The van der Waals surface area contributed by atoms with E-state index >= 15 is 0 Å². The highest BCUT2D eigenvalue weighted by molar-refractivity contribution is 6.72. The van der Waals surface area contributed by atoms with E-state index in [4.69, 9.17) is 39.5 Å². The van der Waals surface area contributed by atoms with E-state index in [0.717, 1.165) is 0 Å². The fourth-order valence-electron chi connectivity index (χ4n) is 1.09. The Labute approximate surface area is 111 Å². The topological polar surface area (TPSA) is 60.4 Å². The second kappa shape index (κ2) is 6.00. The zero-order chi connectivity index (χ0) is 13.0. The van der Waals surface area contributed by atoms with Crippen molar-refractivity contribution in [2.24, 2.45) is 0 Å². The van der Waals surface area contributed by atoms with Crippen LogP contribution in [0.4, 0.5) is 0 Å². The number of ether oxygens (including phenoxy) is 1. The van der Waals surface area contributed by atoms with Crippen LogP contribution in [0.3, 0.4) is 0 Å². The molecular weight excluding hydrogens is 290 g/mol. The number of benzene rings is 1. The first-order valence-electron chi connectivity index (χ1n) is 4.26. The molecule has 0 fully saturated rings. The molecule has 0 bridgehead atoms. The number of carbonyl (C=O) groups is 3. The SMILES string of the molecule is O=C(Cl)COc1ccc(C(=O)Cl)c(C(=O)Cl)c1. The van der Waals surface area contributed by atoms with Gasteiger partial charge in [-0.1, -0.05) is 0 Å². The van der Waals surface area contributed by atoms with Crippen molar-refractivity contribution in [3.63, 3.8) is 0 Å². The number of carbonyl (C=O) groups excluding carboxylic acids is 3. The van der Waals surface area contributed by atoms with Gasteiger partial charge in [-0.3, -0.25) is 14.4 Å². The van der Waals surface area contributed by atoms with Crippen LogP contribution in [0.15, 0.2) is 18.2 Å². The smallest absolute Gasteiger partial charge is 0.259 e. The fraction of sp³-hybridized carbons (Fsp3) is 0.100. The van der Waals surface area contributed by atoms with Crippen LogP contribution in [-0.4, -0.2) is 22.3 Å². The summed E-state index contributed by atoms with van der Waals surface area (Å²) in [6.45, 7) is -0.356. The molecule has 0 aliphatic carbocycles. The van der Waals surface area contributed by atoms with Gasteiger partial charge in [0.15, 0.2) is 6.61 Å². The maximum absolute atomic E-state index is 11.1. The van der Waals surface area contributed by atoms with E-state index in [2.05, 4.69) is 0 Å². The van der Waals surface area contributed by atoms with Crippen LogP contribution in [0.25, 0.3) is 0 Å². The summed E-state index contributed by atoms with van der Waals surface area (Å²) < 4.78 is 4.95. The Kier molecular flexibility index (Phi) is 4.93. The Hall–Kier alpha value is -1.10. The van der Waals surface area contributed by atoms with E-state index in [1.165, 1.54) is 18.2 Å². The van der Waals surface area contributed by atoms with Crippen LogP contribution in [0.1, 0.15) is 20.7 Å². The Morgan fingerprint density at radius 3 is 2.06 bits per heavy atom. The molecule has 0 unspecified atom stereocenters. The van der Waals surface area contributed by atoms with Crippen molar-refractivity contribution in [2.75, 3.05) is 6.61 Å². The number of hydrogen-bond acceptors (Lipinski definition) is 4. The standard InChI is InChI=1S/C10H5Cl3O4/c11-8(14)4-17-5-1-2-6(9(12)15)7(3-5)10(13)16/h1-3H,4H2. The zero-order valence-electron chi connectivity index (χ0n) is 8.21. The van der Waals surface area contributed by atoms with E-state index in [9.17, 15) is 14.4 Å². The van der Waals surface area contributed by atoms with E-state index in [-0.39, 0.29) is 23.5 Å². The van der Waals surface area contributed by atoms with Crippen LogP contribution in [-0.2, 0) is 4.79 Å². The van der Waals surface area contributed by atoms with Gasteiger partial charge in [-0.2, -0.15) is 0 Å². The summed E-state index contributed by atoms with van der Waals surface area (Å²) in [4.78, 5) is 32.5. The third kappa shape index (κ3) is 4.00. The van der Waals surface area contributed by atoms with Gasteiger partial charge < -0.3 is 4.74 Å². The minimum absolute atomic E-state index is 0.0313. The molecule has 4 nitrogen and oxygen atoms in total. The summed E-state index contributed by atoms with van der Waals surface area (Å²) in [6.07, 6.45) is 0. The van der Waals surface area contributed by atoms with Crippen molar-refractivity contribution in [1.82, 2.24) is 0 Å². The fourth-order valence-corrected chi connectivity index (χ4v) is 1.46. The Morgan fingerprint density at radius 1 is 1.00 bits per heavy atom. The van der Waals surface area contributed by atoms with Gasteiger partial charge in [-0.05, 0) is 53.0 Å². The highest BCUT2D eigenvalue weighted by atomic mass is 35.5. The summed E-state index contributed by atoms with van der Waals surface area (Å²) >= 11 is 15.6. The second-order valence-corrected chi connectivity index (χ2v) is 4.01. The van der Waals surface area contributed by atoms with Crippen molar-refractivity contribution in [1.29, 1.82) is 0 Å². The molecule has 0 saturated heterocycles. The molecule has 0 aliphatic rings. The van der Waals surface area contributed by atoms with Crippen molar-refractivity contribution in [3.8, 4) is 5.75 Å². The number of hydrogen-bond donors (Lipinski definition) is 0. The van der Waals surface area contributed by atoms with Crippen molar-refractivity contribution in [2.45, 2.75) is 0 Å². The highest BCUT2D eigenvalue weighted by Crippen LogP contribution is 2.21. The molecule has 0 heterocycles. The summed E-state index contributed by atoms with van der Waals surface area (Å²) in [6, 6.07) is 3.86. The van der Waals surface area contributed by atoms with Gasteiger partial charge >= 0.3 is 0 Å². The molecule has 0 spiro atoms. The van der Waals surface area contributed by atoms with Gasteiger partial charge in [-0.15, -0.1) is 0 Å². The predicted octanol–water partition coefficient (Wildman–Crippen LogP) is 2.59. The van der Waals surface area contributed by atoms with E-state index in [0.29, 0.717) is 0 Å². The average Bonchev–Trinajstić information content (AvgIpc) is 2.25. The van der Waals surface area contributed by atoms with Crippen molar-refractivity contribution in [3.05, 3.63) is 29.3 Å². The molecule has 17 heavy (non-hydrogen) atoms. The molecule has 0 aromatic heterocycles. The maximum atomic E-state index is 11.1. The lowest BCUT2D eigenvalue weighted by molar-refractivity contribution is -0.113. The van der Waals surface area contributed by atoms with E-state index in [1.54, 1.807) is 0 Å². The first-order valence-corrected chi connectivity index (χ1v) is 5.40. The van der Waals surface area contributed by atoms with Gasteiger partial charge in [0.1, 0.15) is 5.75 Å². The van der Waals surface area contributed by atoms with Crippen molar-refractivity contribution >= 4 is 50.5 Å². The van der Waals surface area contributed by atoms with Crippen LogP contribution in [0, 0.1) is 0 Å². The minimum Gasteiger partial charge on any atom is -0.484 e. The molecule has 0 atom stereocenters. The normalized spacial score (nSPS) is 9.82. The Bertz CT molecular complexity index is 484. The first kappa shape index (κ1) is 14.0. The highest BCUT2D eigenvalue weighted by Gasteiger charge is 2.15. The predicted molar refractivity (Wildman–Crippen MR) is 63.2 cm³/mol. The van der Waals surface area contributed by atoms with Gasteiger partial charge in [0.25, 0.3) is 15.7 Å². The van der Waals surface area contributed by atoms with Gasteiger partial charge in [0, 0.05) is 11.1 Å². The lowest BCUT2D eigenvalue weighted by atomic mass is 10.1. The lowest BCUT2D eigenvalue weighted by Crippen LogP contribution is -2.06. The van der Waals surface area contributed by atoms with E-state index in [1.807, 2.05) is 0 Å². The molecule has 0 aliphatic heterocycles. The maximum Gasteiger partial charge on any atom is 0.259 e. The first-order chi connectivity index (χ1) is 7.91. The molecule has 1 rings (SSSR count). The van der Waals surface area contributed by atoms with Gasteiger partial charge in [0.05, 0.1) is 0 Å². The molecule has 7 heteroatoms. The number of rotatable bonds is 5. The minimum atomic E-state index is -0.850. The molecule has 0 amide bonds.